The van der Waals surface area contributed by atoms with E-state index in [0.717, 1.165) is 19.3 Å². The second-order valence-electron chi connectivity index (χ2n) is 4.89. The molecule has 106 valence electrons. The van der Waals surface area contributed by atoms with Gasteiger partial charge in [-0.25, -0.2) is 0 Å². The lowest BCUT2D eigenvalue weighted by Crippen LogP contribution is -2.53. The minimum Gasteiger partial charge on any atom is -0.355 e. The van der Waals surface area contributed by atoms with Gasteiger partial charge in [0.25, 0.3) is 0 Å². The van der Waals surface area contributed by atoms with E-state index >= 15 is 0 Å². The zero-order valence-corrected chi connectivity index (χ0v) is 11.2. The van der Waals surface area contributed by atoms with E-state index in [2.05, 4.69) is 5.32 Å². The number of carbonyl (C=O) groups excluding carboxylic acids is 1. The standard InChI is InChI=1S/C11H19F3N2OS/c1-10(15)5-3-2-4-8(10)9(17)16-6-7-18-11(12,13)14/h8H,2-7,15H2,1H3,(H,16,17). The Morgan fingerprint density at radius 1 is 1.50 bits per heavy atom. The number of amides is 1. The third-order valence-corrected chi connectivity index (χ3v) is 3.97. The highest BCUT2D eigenvalue weighted by Gasteiger charge is 2.37. The minimum atomic E-state index is -4.24. The number of carbonyl (C=O) groups is 1. The Hall–Kier alpha value is -0.430. The van der Waals surface area contributed by atoms with E-state index in [1.165, 1.54) is 0 Å². The molecule has 2 unspecified atom stereocenters. The lowest BCUT2D eigenvalue weighted by molar-refractivity contribution is -0.128. The van der Waals surface area contributed by atoms with Crippen LogP contribution in [0.5, 0.6) is 0 Å². The maximum atomic E-state index is 11.9. The molecule has 1 aliphatic rings. The summed E-state index contributed by atoms with van der Waals surface area (Å²) in [5.41, 5.74) is 1.27. The Bertz CT molecular complexity index is 295. The summed E-state index contributed by atoms with van der Waals surface area (Å²) in [7, 11) is 0. The third kappa shape index (κ3) is 5.06. The van der Waals surface area contributed by atoms with Crippen LogP contribution in [0.4, 0.5) is 13.2 Å². The number of nitrogens with two attached hydrogens (primary N) is 1. The van der Waals surface area contributed by atoms with Gasteiger partial charge in [0.1, 0.15) is 0 Å². The summed E-state index contributed by atoms with van der Waals surface area (Å²) in [5.74, 6) is -0.673. The Labute approximate surface area is 109 Å². The van der Waals surface area contributed by atoms with Gasteiger partial charge in [-0.1, -0.05) is 12.8 Å². The summed E-state index contributed by atoms with van der Waals surface area (Å²) in [5, 5.41) is 2.54. The topological polar surface area (TPSA) is 55.1 Å². The average molecular weight is 284 g/mol. The summed E-state index contributed by atoms with van der Waals surface area (Å²) < 4.78 is 35.7. The third-order valence-electron chi connectivity index (χ3n) is 3.24. The molecule has 18 heavy (non-hydrogen) atoms. The van der Waals surface area contributed by atoms with Crippen molar-refractivity contribution in [1.82, 2.24) is 5.32 Å². The van der Waals surface area contributed by atoms with E-state index in [1.807, 2.05) is 6.92 Å². The van der Waals surface area contributed by atoms with E-state index in [0.29, 0.717) is 6.42 Å². The smallest absolute Gasteiger partial charge is 0.355 e. The number of thioether (sulfide) groups is 1. The number of nitrogens with one attached hydrogen (secondary N) is 1. The molecule has 0 saturated heterocycles. The van der Waals surface area contributed by atoms with Crippen molar-refractivity contribution in [3.8, 4) is 0 Å². The summed E-state index contributed by atoms with van der Waals surface area (Å²) in [6.45, 7) is 1.86. The summed E-state index contributed by atoms with van der Waals surface area (Å²) in [6.07, 6.45) is 3.44. The van der Waals surface area contributed by atoms with Crippen molar-refractivity contribution in [2.24, 2.45) is 11.7 Å². The number of hydrogen-bond acceptors (Lipinski definition) is 3. The van der Waals surface area contributed by atoms with Crippen molar-refractivity contribution < 1.29 is 18.0 Å². The Kier molecular flexibility index (Phi) is 5.33. The van der Waals surface area contributed by atoms with Crippen LogP contribution >= 0.6 is 11.8 Å². The lowest BCUT2D eigenvalue weighted by atomic mass is 9.74. The van der Waals surface area contributed by atoms with Crippen molar-refractivity contribution in [2.75, 3.05) is 12.3 Å². The maximum Gasteiger partial charge on any atom is 0.441 e. The Balaban J connectivity index is 2.32. The maximum absolute atomic E-state index is 11.9. The fourth-order valence-corrected chi connectivity index (χ4v) is 2.69. The molecule has 1 fully saturated rings. The fourth-order valence-electron chi connectivity index (χ4n) is 2.25. The predicted octanol–water partition coefficient (Wildman–Crippen LogP) is 2.26. The van der Waals surface area contributed by atoms with Gasteiger partial charge < -0.3 is 11.1 Å². The molecule has 1 rings (SSSR count). The van der Waals surface area contributed by atoms with Crippen molar-refractivity contribution in [3.63, 3.8) is 0 Å². The highest BCUT2D eigenvalue weighted by molar-refractivity contribution is 8.00. The number of rotatable bonds is 4. The molecule has 1 amide bonds. The van der Waals surface area contributed by atoms with Crippen LogP contribution < -0.4 is 11.1 Å². The zero-order valence-electron chi connectivity index (χ0n) is 10.3. The molecule has 1 saturated carbocycles. The van der Waals surface area contributed by atoms with Gasteiger partial charge in [0.2, 0.25) is 5.91 Å². The molecule has 3 nitrogen and oxygen atoms in total. The van der Waals surface area contributed by atoms with Crippen LogP contribution in [0.25, 0.3) is 0 Å². The van der Waals surface area contributed by atoms with E-state index in [9.17, 15) is 18.0 Å². The molecule has 0 spiro atoms. The van der Waals surface area contributed by atoms with Crippen molar-refractivity contribution in [2.45, 2.75) is 43.7 Å². The van der Waals surface area contributed by atoms with Crippen LogP contribution in [0.1, 0.15) is 32.6 Å². The van der Waals surface area contributed by atoms with E-state index in [-0.39, 0.29) is 35.9 Å². The van der Waals surface area contributed by atoms with Crippen LogP contribution in [0.2, 0.25) is 0 Å². The quantitative estimate of drug-likeness (QED) is 0.779. The zero-order chi connectivity index (χ0) is 13.8. The van der Waals surface area contributed by atoms with Gasteiger partial charge >= 0.3 is 5.51 Å². The SMILES string of the molecule is CC1(N)CCCCC1C(=O)NCCSC(F)(F)F. The van der Waals surface area contributed by atoms with Crippen LogP contribution in [0, 0.1) is 5.92 Å². The molecule has 0 aromatic carbocycles. The molecule has 0 aromatic rings. The van der Waals surface area contributed by atoms with Gasteiger partial charge in [-0.3, -0.25) is 4.79 Å². The van der Waals surface area contributed by atoms with E-state index in [4.69, 9.17) is 5.73 Å². The molecule has 3 N–H and O–H groups in total. The molecular formula is C11H19F3N2OS. The fraction of sp³-hybridized carbons (Fsp3) is 0.909. The first kappa shape index (κ1) is 15.6. The molecule has 0 aromatic heterocycles. The first-order valence-corrected chi connectivity index (χ1v) is 6.98. The normalized spacial score (nSPS) is 29.1. The Morgan fingerprint density at radius 3 is 2.72 bits per heavy atom. The molecule has 0 aliphatic heterocycles. The van der Waals surface area contributed by atoms with Crippen molar-refractivity contribution in [1.29, 1.82) is 0 Å². The van der Waals surface area contributed by atoms with Gasteiger partial charge in [-0.05, 0) is 31.5 Å². The van der Waals surface area contributed by atoms with E-state index in [1.54, 1.807) is 0 Å². The van der Waals surface area contributed by atoms with E-state index < -0.39 is 11.0 Å². The van der Waals surface area contributed by atoms with Crippen molar-refractivity contribution >= 4 is 17.7 Å². The van der Waals surface area contributed by atoms with Gasteiger partial charge in [0.05, 0.1) is 5.92 Å². The van der Waals surface area contributed by atoms with Crippen molar-refractivity contribution in [3.05, 3.63) is 0 Å². The number of hydrogen-bond donors (Lipinski definition) is 2. The van der Waals surface area contributed by atoms with Gasteiger partial charge in [0, 0.05) is 17.8 Å². The Morgan fingerprint density at radius 2 is 2.17 bits per heavy atom. The largest absolute Gasteiger partial charge is 0.441 e. The highest BCUT2D eigenvalue weighted by atomic mass is 32.2. The van der Waals surface area contributed by atoms with Crippen LogP contribution in [0.15, 0.2) is 0 Å². The minimum absolute atomic E-state index is 0.0234. The second-order valence-corrected chi connectivity index (χ2v) is 6.05. The molecule has 1 aliphatic carbocycles. The molecule has 0 bridgehead atoms. The predicted molar refractivity (Wildman–Crippen MR) is 66.1 cm³/mol. The number of halogens is 3. The molecular weight excluding hydrogens is 265 g/mol. The number of alkyl halides is 3. The molecule has 0 heterocycles. The average Bonchev–Trinajstić information content (AvgIpc) is 2.22. The molecule has 0 radical (unpaired) electrons. The van der Waals surface area contributed by atoms with Gasteiger partial charge in [-0.15, -0.1) is 0 Å². The second kappa shape index (κ2) is 6.14. The summed E-state index contributed by atoms with van der Waals surface area (Å²) >= 11 is -0.124. The molecule has 2 atom stereocenters. The summed E-state index contributed by atoms with van der Waals surface area (Å²) in [4.78, 5) is 11.9. The van der Waals surface area contributed by atoms with Crippen LogP contribution in [0.3, 0.4) is 0 Å². The summed E-state index contributed by atoms with van der Waals surface area (Å²) in [6, 6.07) is 0. The molecule has 7 heteroatoms. The lowest BCUT2D eigenvalue weighted by Gasteiger charge is -2.37. The van der Waals surface area contributed by atoms with Gasteiger partial charge in [-0.2, -0.15) is 13.2 Å². The first-order chi connectivity index (χ1) is 8.22. The van der Waals surface area contributed by atoms with Gasteiger partial charge in [0.15, 0.2) is 0 Å². The first-order valence-electron chi connectivity index (χ1n) is 6.00. The van der Waals surface area contributed by atoms with Crippen LogP contribution in [-0.4, -0.2) is 29.3 Å². The highest BCUT2D eigenvalue weighted by Crippen LogP contribution is 2.32. The van der Waals surface area contributed by atoms with Crippen LogP contribution in [-0.2, 0) is 4.79 Å². The monoisotopic (exact) mass is 284 g/mol.